The van der Waals surface area contributed by atoms with Crippen LogP contribution in [-0.2, 0) is 0 Å². The van der Waals surface area contributed by atoms with Crippen LogP contribution in [0, 0.1) is 5.92 Å². The Kier molecular flexibility index (Phi) is 2.19. The molecule has 13 heavy (non-hydrogen) atoms. The molecule has 2 aliphatic rings. The summed E-state index contributed by atoms with van der Waals surface area (Å²) >= 11 is 0. The zero-order valence-corrected chi connectivity index (χ0v) is 7.33. The monoisotopic (exact) mass is 180 g/mol. The van der Waals surface area contributed by atoms with E-state index in [2.05, 4.69) is 5.32 Å². The lowest BCUT2D eigenvalue weighted by atomic mass is 9.89. The van der Waals surface area contributed by atoms with Gasteiger partial charge in [0.25, 0.3) is 0 Å². The fourth-order valence-corrected chi connectivity index (χ4v) is 1.85. The van der Waals surface area contributed by atoms with Gasteiger partial charge >= 0.3 is 0 Å². The summed E-state index contributed by atoms with van der Waals surface area (Å²) < 4.78 is 12.9. The van der Waals surface area contributed by atoms with Crippen molar-refractivity contribution in [3.63, 3.8) is 0 Å². The summed E-state index contributed by atoms with van der Waals surface area (Å²) in [5.41, 5.74) is 6.66. The van der Waals surface area contributed by atoms with Gasteiger partial charge in [0.2, 0.25) is 0 Å². The van der Waals surface area contributed by atoms with E-state index in [4.69, 9.17) is 5.73 Å². The second-order valence-electron chi connectivity index (χ2n) is 3.39. The number of hydrogen-bond donors (Lipinski definition) is 2. The molecule has 2 unspecified atom stereocenters. The lowest BCUT2D eigenvalue weighted by Crippen LogP contribution is -2.26. The lowest BCUT2D eigenvalue weighted by Gasteiger charge is -2.19. The van der Waals surface area contributed by atoms with Gasteiger partial charge in [-0.15, -0.1) is 0 Å². The van der Waals surface area contributed by atoms with Crippen LogP contribution in [0.25, 0.3) is 0 Å². The fourth-order valence-electron chi connectivity index (χ4n) is 1.85. The molecule has 1 aliphatic heterocycles. The average molecular weight is 180 g/mol. The second kappa shape index (κ2) is 3.34. The van der Waals surface area contributed by atoms with E-state index in [0.717, 1.165) is 6.42 Å². The topological polar surface area (TPSA) is 38.0 Å². The minimum Gasteiger partial charge on any atom is -0.384 e. The van der Waals surface area contributed by atoms with Gasteiger partial charge in [-0.05, 0) is 36.9 Å². The lowest BCUT2D eigenvalue weighted by molar-refractivity contribution is 0.572. The average Bonchev–Trinajstić information content (AvgIpc) is 2.49. The molecule has 3 N–H and O–H groups in total. The Labute approximate surface area is 77.0 Å². The van der Waals surface area contributed by atoms with E-state index in [9.17, 15) is 4.39 Å². The van der Waals surface area contributed by atoms with E-state index >= 15 is 0 Å². The molecule has 0 bridgehead atoms. The predicted octanol–water partition coefficient (Wildman–Crippen LogP) is 1.23. The van der Waals surface area contributed by atoms with Gasteiger partial charge in [-0.2, -0.15) is 0 Å². The zero-order valence-electron chi connectivity index (χ0n) is 7.33. The Morgan fingerprint density at radius 1 is 1.54 bits per heavy atom. The third-order valence-electron chi connectivity index (χ3n) is 2.51. The van der Waals surface area contributed by atoms with Gasteiger partial charge in [-0.1, -0.05) is 6.08 Å². The summed E-state index contributed by atoms with van der Waals surface area (Å²) in [4.78, 5) is 0. The van der Waals surface area contributed by atoms with Crippen molar-refractivity contribution in [3.8, 4) is 0 Å². The van der Waals surface area contributed by atoms with Crippen LogP contribution in [0.4, 0.5) is 4.39 Å². The van der Waals surface area contributed by atoms with Gasteiger partial charge in [0.1, 0.15) is 5.83 Å². The molecule has 1 aliphatic carbocycles. The minimum atomic E-state index is -0.145. The number of fused-ring (bicyclic) bond motifs is 1. The molecule has 2 rings (SSSR count). The highest BCUT2D eigenvalue weighted by Crippen LogP contribution is 2.30. The first-order valence-electron chi connectivity index (χ1n) is 4.52. The number of allylic oxidation sites excluding steroid dienone is 2. The Bertz CT molecular complexity index is 291. The quantitative estimate of drug-likeness (QED) is 0.670. The Hall–Kier alpha value is -1.09. The molecule has 70 valence electrons. The first kappa shape index (κ1) is 8.51. The van der Waals surface area contributed by atoms with Crippen LogP contribution in [0.5, 0.6) is 0 Å². The van der Waals surface area contributed by atoms with Crippen LogP contribution in [0.2, 0.25) is 0 Å². The molecule has 0 radical (unpaired) electrons. The van der Waals surface area contributed by atoms with E-state index < -0.39 is 0 Å². The molecule has 0 saturated carbocycles. The Balaban J connectivity index is 2.15. The van der Waals surface area contributed by atoms with Crippen LogP contribution in [0.3, 0.4) is 0 Å². The standard InChI is InChI=1S/C10H13FN2/c11-8-1-2-10-9(5-8)7(3-4-12)6-13-10/h1-2,5-6,9-10,13H,3-4,12H2. The van der Waals surface area contributed by atoms with E-state index in [-0.39, 0.29) is 17.8 Å². The molecular formula is C10H13FN2. The summed E-state index contributed by atoms with van der Waals surface area (Å²) in [6, 6.07) is 0.237. The van der Waals surface area contributed by atoms with E-state index in [1.165, 1.54) is 11.6 Å². The van der Waals surface area contributed by atoms with Gasteiger partial charge in [0, 0.05) is 5.92 Å². The van der Waals surface area contributed by atoms with Crippen molar-refractivity contribution in [1.29, 1.82) is 0 Å². The summed E-state index contributed by atoms with van der Waals surface area (Å²) in [6.07, 6.45) is 7.83. The van der Waals surface area contributed by atoms with Crippen molar-refractivity contribution in [2.45, 2.75) is 12.5 Å². The molecule has 0 fully saturated rings. The second-order valence-corrected chi connectivity index (χ2v) is 3.39. The van der Waals surface area contributed by atoms with Crippen molar-refractivity contribution in [1.82, 2.24) is 5.32 Å². The maximum Gasteiger partial charge on any atom is 0.119 e. The molecule has 0 amide bonds. The molecule has 3 heteroatoms. The van der Waals surface area contributed by atoms with Crippen LogP contribution in [0.15, 0.2) is 35.8 Å². The number of hydrogen-bond acceptors (Lipinski definition) is 2. The van der Waals surface area contributed by atoms with Crippen molar-refractivity contribution in [2.75, 3.05) is 6.54 Å². The molecule has 0 aromatic heterocycles. The smallest absolute Gasteiger partial charge is 0.119 e. The maximum absolute atomic E-state index is 12.9. The van der Waals surface area contributed by atoms with Crippen LogP contribution in [0.1, 0.15) is 6.42 Å². The molecule has 2 nitrogen and oxygen atoms in total. The Morgan fingerprint density at radius 3 is 3.15 bits per heavy atom. The molecule has 0 spiro atoms. The van der Waals surface area contributed by atoms with Crippen molar-refractivity contribution in [3.05, 3.63) is 35.8 Å². The normalized spacial score (nSPS) is 30.6. The highest BCUT2D eigenvalue weighted by atomic mass is 19.1. The number of halogens is 1. The van der Waals surface area contributed by atoms with Gasteiger partial charge in [0.15, 0.2) is 0 Å². The summed E-state index contributed by atoms with van der Waals surface area (Å²) in [6.45, 7) is 0.621. The molecule has 0 saturated heterocycles. The van der Waals surface area contributed by atoms with Crippen LogP contribution in [-0.4, -0.2) is 12.6 Å². The first-order chi connectivity index (χ1) is 6.31. The number of rotatable bonds is 2. The third kappa shape index (κ3) is 1.52. The first-order valence-corrected chi connectivity index (χ1v) is 4.52. The number of nitrogens with two attached hydrogens (primary N) is 1. The highest BCUT2D eigenvalue weighted by molar-refractivity contribution is 5.33. The highest BCUT2D eigenvalue weighted by Gasteiger charge is 2.27. The molecule has 0 aromatic carbocycles. The molecule has 0 aromatic rings. The summed E-state index contributed by atoms with van der Waals surface area (Å²) in [5, 5.41) is 3.20. The van der Waals surface area contributed by atoms with E-state index in [0.29, 0.717) is 6.54 Å². The van der Waals surface area contributed by atoms with Gasteiger partial charge in [-0.25, -0.2) is 4.39 Å². The van der Waals surface area contributed by atoms with Crippen molar-refractivity contribution in [2.24, 2.45) is 11.7 Å². The number of nitrogens with one attached hydrogen (secondary N) is 1. The van der Waals surface area contributed by atoms with E-state index in [1.54, 1.807) is 6.08 Å². The largest absolute Gasteiger partial charge is 0.384 e. The SMILES string of the molecule is NCCC1=CNC2C=CC(F)=CC12. The van der Waals surface area contributed by atoms with Gasteiger partial charge < -0.3 is 11.1 Å². The minimum absolute atomic E-state index is 0.145. The predicted molar refractivity (Wildman–Crippen MR) is 50.5 cm³/mol. The molecular weight excluding hydrogens is 167 g/mol. The van der Waals surface area contributed by atoms with Gasteiger partial charge in [-0.3, -0.25) is 0 Å². The van der Waals surface area contributed by atoms with Crippen LogP contribution >= 0.6 is 0 Å². The Morgan fingerprint density at radius 2 is 2.38 bits per heavy atom. The van der Waals surface area contributed by atoms with E-state index in [1.807, 2.05) is 12.3 Å². The third-order valence-corrected chi connectivity index (χ3v) is 2.51. The zero-order chi connectivity index (χ0) is 9.26. The maximum atomic E-state index is 12.9. The summed E-state index contributed by atoms with van der Waals surface area (Å²) in [7, 11) is 0. The molecule has 1 heterocycles. The van der Waals surface area contributed by atoms with Crippen molar-refractivity contribution < 1.29 is 4.39 Å². The fraction of sp³-hybridized carbons (Fsp3) is 0.400. The molecule has 2 atom stereocenters. The van der Waals surface area contributed by atoms with Crippen molar-refractivity contribution >= 4 is 0 Å². The summed E-state index contributed by atoms with van der Waals surface area (Å²) in [5.74, 6) is 0.0291. The van der Waals surface area contributed by atoms with Gasteiger partial charge in [0.05, 0.1) is 6.04 Å². The van der Waals surface area contributed by atoms with Crippen LogP contribution < -0.4 is 11.1 Å².